The summed E-state index contributed by atoms with van der Waals surface area (Å²) >= 11 is 13.4. The SMILES string of the molecule is COc1ccc2nc(NSc3ccc(Cl)cc3)c(Nc3ccc(Cl)cc3)nc2c1. The van der Waals surface area contributed by atoms with Crippen molar-refractivity contribution in [1.82, 2.24) is 9.97 Å². The van der Waals surface area contributed by atoms with Crippen molar-refractivity contribution < 1.29 is 4.74 Å². The summed E-state index contributed by atoms with van der Waals surface area (Å²) < 4.78 is 8.59. The fourth-order valence-corrected chi connectivity index (χ4v) is 3.48. The van der Waals surface area contributed by atoms with Crippen LogP contribution >= 0.6 is 35.1 Å². The molecular formula is C21H16Cl2N4OS. The van der Waals surface area contributed by atoms with Gasteiger partial charge in [-0.1, -0.05) is 23.2 Å². The van der Waals surface area contributed by atoms with Crippen molar-refractivity contribution >= 4 is 63.5 Å². The van der Waals surface area contributed by atoms with Gasteiger partial charge in [0.2, 0.25) is 0 Å². The van der Waals surface area contributed by atoms with E-state index in [9.17, 15) is 0 Å². The lowest BCUT2D eigenvalue weighted by Gasteiger charge is -2.13. The van der Waals surface area contributed by atoms with Crippen molar-refractivity contribution in [2.45, 2.75) is 4.90 Å². The minimum atomic E-state index is 0.592. The minimum absolute atomic E-state index is 0.592. The number of halogens is 2. The fraction of sp³-hybridized carbons (Fsp3) is 0.0476. The molecule has 1 aromatic heterocycles. The second-order valence-corrected chi connectivity index (χ2v) is 7.82. The van der Waals surface area contributed by atoms with E-state index in [4.69, 9.17) is 37.9 Å². The Bertz CT molecular complexity index is 1140. The van der Waals surface area contributed by atoms with Crippen LogP contribution < -0.4 is 14.8 Å². The second kappa shape index (κ2) is 8.78. The van der Waals surface area contributed by atoms with Crippen molar-refractivity contribution in [3.63, 3.8) is 0 Å². The maximum atomic E-state index is 5.99. The number of fused-ring (bicyclic) bond motifs is 1. The summed E-state index contributed by atoms with van der Waals surface area (Å²) in [6, 6.07) is 20.6. The van der Waals surface area contributed by atoms with Crippen molar-refractivity contribution in [3.05, 3.63) is 76.8 Å². The van der Waals surface area contributed by atoms with Crippen molar-refractivity contribution in [2.75, 3.05) is 17.1 Å². The molecular weight excluding hydrogens is 427 g/mol. The lowest BCUT2D eigenvalue weighted by molar-refractivity contribution is 0.415. The number of hydrogen-bond acceptors (Lipinski definition) is 6. The smallest absolute Gasteiger partial charge is 0.180 e. The predicted octanol–water partition coefficient (Wildman–Crippen LogP) is 6.81. The zero-order valence-electron chi connectivity index (χ0n) is 15.3. The van der Waals surface area contributed by atoms with Gasteiger partial charge in [0.15, 0.2) is 11.6 Å². The summed E-state index contributed by atoms with van der Waals surface area (Å²) in [7, 11) is 1.63. The van der Waals surface area contributed by atoms with Crippen molar-refractivity contribution in [3.8, 4) is 5.75 Å². The summed E-state index contributed by atoms with van der Waals surface area (Å²) in [6.07, 6.45) is 0. The Hall–Kier alpha value is -2.67. The zero-order valence-corrected chi connectivity index (χ0v) is 17.6. The van der Waals surface area contributed by atoms with Gasteiger partial charge in [-0.2, -0.15) is 0 Å². The normalized spacial score (nSPS) is 10.7. The van der Waals surface area contributed by atoms with Gasteiger partial charge in [0.1, 0.15) is 5.75 Å². The van der Waals surface area contributed by atoms with Crippen LogP contribution in [0.3, 0.4) is 0 Å². The number of hydrogen-bond donors (Lipinski definition) is 2. The van der Waals surface area contributed by atoms with E-state index in [0.717, 1.165) is 27.4 Å². The first-order chi connectivity index (χ1) is 14.1. The van der Waals surface area contributed by atoms with Gasteiger partial charge in [0.05, 0.1) is 18.1 Å². The van der Waals surface area contributed by atoms with Gasteiger partial charge in [-0.05, 0) is 72.6 Å². The number of nitrogens with one attached hydrogen (secondary N) is 2. The number of benzene rings is 3. The van der Waals surface area contributed by atoms with Crippen LogP contribution in [0.15, 0.2) is 71.6 Å². The average molecular weight is 443 g/mol. The summed E-state index contributed by atoms with van der Waals surface area (Å²) in [6.45, 7) is 0. The molecule has 4 aromatic rings. The molecule has 8 heteroatoms. The number of ether oxygens (including phenoxy) is 1. The molecule has 29 heavy (non-hydrogen) atoms. The van der Waals surface area contributed by atoms with Crippen LogP contribution in [-0.4, -0.2) is 17.1 Å². The monoisotopic (exact) mass is 442 g/mol. The molecule has 0 bridgehead atoms. The number of anilines is 3. The van der Waals surface area contributed by atoms with E-state index >= 15 is 0 Å². The van der Waals surface area contributed by atoms with Gasteiger partial charge < -0.3 is 14.8 Å². The Labute approximate surface area is 182 Å². The number of methoxy groups -OCH3 is 1. The van der Waals surface area contributed by atoms with Crippen LogP contribution in [0.1, 0.15) is 0 Å². The molecule has 0 saturated carbocycles. The van der Waals surface area contributed by atoms with Crippen LogP contribution in [0.25, 0.3) is 11.0 Å². The molecule has 2 N–H and O–H groups in total. The second-order valence-electron chi connectivity index (χ2n) is 6.07. The van der Waals surface area contributed by atoms with E-state index in [0.29, 0.717) is 21.7 Å². The third kappa shape index (κ3) is 4.85. The maximum absolute atomic E-state index is 5.99. The van der Waals surface area contributed by atoms with Crippen LogP contribution in [0.5, 0.6) is 5.75 Å². The van der Waals surface area contributed by atoms with E-state index in [2.05, 4.69) is 10.0 Å². The van der Waals surface area contributed by atoms with Crippen LogP contribution in [0.4, 0.5) is 17.3 Å². The Balaban J connectivity index is 1.68. The standard InChI is InChI=1S/C21H16Cl2N4OS/c1-28-16-8-11-18-19(12-16)26-20(24-15-6-2-13(22)3-7-15)21(25-18)27-29-17-9-4-14(23)5-10-17/h2-12H,1H3,(H,24,26)(H,25,27). The van der Waals surface area contributed by atoms with E-state index < -0.39 is 0 Å². The van der Waals surface area contributed by atoms with Gasteiger partial charge in [-0.3, -0.25) is 0 Å². The molecule has 3 aromatic carbocycles. The Kier molecular flexibility index (Phi) is 5.94. The first-order valence-corrected chi connectivity index (χ1v) is 10.2. The molecule has 0 fully saturated rings. The van der Waals surface area contributed by atoms with Crippen molar-refractivity contribution in [1.29, 1.82) is 0 Å². The highest BCUT2D eigenvalue weighted by atomic mass is 35.5. The van der Waals surface area contributed by atoms with Gasteiger partial charge in [0, 0.05) is 26.7 Å². The number of rotatable bonds is 6. The molecule has 1 heterocycles. The van der Waals surface area contributed by atoms with E-state index in [-0.39, 0.29) is 0 Å². The molecule has 0 aliphatic rings. The topological polar surface area (TPSA) is 59.1 Å². The highest BCUT2D eigenvalue weighted by Gasteiger charge is 2.11. The molecule has 4 rings (SSSR count). The summed E-state index contributed by atoms with van der Waals surface area (Å²) in [5.41, 5.74) is 2.33. The van der Waals surface area contributed by atoms with Gasteiger partial charge in [-0.15, -0.1) is 0 Å². The minimum Gasteiger partial charge on any atom is -0.497 e. The first-order valence-electron chi connectivity index (χ1n) is 8.67. The summed E-state index contributed by atoms with van der Waals surface area (Å²) in [4.78, 5) is 10.5. The third-order valence-corrected chi connectivity index (χ3v) is 5.36. The molecule has 0 unspecified atom stereocenters. The molecule has 0 atom stereocenters. The van der Waals surface area contributed by atoms with Gasteiger partial charge in [0.25, 0.3) is 0 Å². The summed E-state index contributed by atoms with van der Waals surface area (Å²) in [5, 5.41) is 4.67. The highest BCUT2D eigenvalue weighted by Crippen LogP contribution is 2.30. The molecule has 5 nitrogen and oxygen atoms in total. The fourth-order valence-electron chi connectivity index (χ4n) is 2.60. The van der Waals surface area contributed by atoms with Crippen molar-refractivity contribution in [2.24, 2.45) is 0 Å². The Morgan fingerprint density at radius 3 is 2.14 bits per heavy atom. The largest absolute Gasteiger partial charge is 0.497 e. The molecule has 0 amide bonds. The summed E-state index contributed by atoms with van der Waals surface area (Å²) in [5.74, 6) is 1.92. The lowest BCUT2D eigenvalue weighted by atomic mass is 10.2. The van der Waals surface area contributed by atoms with E-state index in [1.807, 2.05) is 66.7 Å². The molecule has 0 saturated heterocycles. The number of nitrogens with zero attached hydrogens (tertiary/aromatic N) is 2. The van der Waals surface area contributed by atoms with Crippen LogP contribution in [0, 0.1) is 0 Å². The highest BCUT2D eigenvalue weighted by molar-refractivity contribution is 8.00. The molecule has 0 aliphatic carbocycles. The third-order valence-electron chi connectivity index (χ3n) is 4.06. The predicted molar refractivity (Wildman–Crippen MR) is 122 cm³/mol. The first kappa shape index (κ1) is 19.6. The quantitative estimate of drug-likeness (QED) is 0.319. The molecule has 0 radical (unpaired) electrons. The maximum Gasteiger partial charge on any atom is 0.180 e. The van der Waals surface area contributed by atoms with E-state index in [1.54, 1.807) is 7.11 Å². The Morgan fingerprint density at radius 1 is 0.793 bits per heavy atom. The average Bonchev–Trinajstić information content (AvgIpc) is 2.74. The van der Waals surface area contributed by atoms with E-state index in [1.165, 1.54) is 11.9 Å². The lowest BCUT2D eigenvalue weighted by Crippen LogP contribution is -2.02. The molecule has 0 aliphatic heterocycles. The van der Waals surface area contributed by atoms with Gasteiger partial charge >= 0.3 is 0 Å². The Morgan fingerprint density at radius 2 is 1.45 bits per heavy atom. The van der Waals surface area contributed by atoms with Gasteiger partial charge in [-0.25, -0.2) is 9.97 Å². The molecule has 0 spiro atoms. The zero-order chi connectivity index (χ0) is 20.2. The van der Waals surface area contributed by atoms with Crippen LogP contribution in [-0.2, 0) is 0 Å². The molecule has 146 valence electrons. The van der Waals surface area contributed by atoms with Crippen LogP contribution in [0.2, 0.25) is 10.0 Å². The number of aromatic nitrogens is 2.